The van der Waals surface area contributed by atoms with Crippen molar-refractivity contribution in [3.63, 3.8) is 0 Å². The fourth-order valence-electron chi connectivity index (χ4n) is 2.27. The van der Waals surface area contributed by atoms with Crippen LogP contribution in [0.1, 0.15) is 23.8 Å². The van der Waals surface area contributed by atoms with Gasteiger partial charge in [0.2, 0.25) is 5.91 Å². The van der Waals surface area contributed by atoms with E-state index < -0.39 is 0 Å². The molecule has 1 atom stereocenters. The van der Waals surface area contributed by atoms with E-state index >= 15 is 0 Å². The number of hydrogen-bond donors (Lipinski definition) is 1. The number of halogens is 1. The second-order valence-electron chi connectivity index (χ2n) is 5.43. The van der Waals surface area contributed by atoms with Crippen LogP contribution in [0.3, 0.4) is 0 Å². The highest BCUT2D eigenvalue weighted by atomic mass is 19.1. The van der Waals surface area contributed by atoms with Gasteiger partial charge in [-0.05, 0) is 50.3 Å². The molecule has 1 unspecified atom stereocenters. The van der Waals surface area contributed by atoms with Gasteiger partial charge in [-0.25, -0.2) is 4.39 Å². The summed E-state index contributed by atoms with van der Waals surface area (Å²) in [4.78, 5) is 13.9. The van der Waals surface area contributed by atoms with Gasteiger partial charge >= 0.3 is 0 Å². The van der Waals surface area contributed by atoms with Gasteiger partial charge in [0, 0.05) is 13.0 Å². The van der Waals surface area contributed by atoms with Gasteiger partial charge in [0.15, 0.2) is 0 Å². The summed E-state index contributed by atoms with van der Waals surface area (Å²) in [5.41, 5.74) is 0.824. The van der Waals surface area contributed by atoms with Crippen molar-refractivity contribution in [1.29, 1.82) is 0 Å². The number of benzene rings is 1. The van der Waals surface area contributed by atoms with E-state index in [1.165, 1.54) is 12.1 Å². The molecule has 0 aliphatic heterocycles. The van der Waals surface area contributed by atoms with Crippen molar-refractivity contribution < 1.29 is 13.6 Å². The van der Waals surface area contributed by atoms with Crippen LogP contribution >= 0.6 is 0 Å². The zero-order valence-corrected chi connectivity index (χ0v) is 12.9. The van der Waals surface area contributed by atoms with Crippen LogP contribution in [0.2, 0.25) is 0 Å². The zero-order valence-electron chi connectivity index (χ0n) is 12.9. The van der Waals surface area contributed by atoms with Crippen molar-refractivity contribution in [2.75, 3.05) is 20.6 Å². The summed E-state index contributed by atoms with van der Waals surface area (Å²) in [6.45, 7) is 0.475. The Kier molecular flexibility index (Phi) is 5.72. The Labute approximate surface area is 129 Å². The molecule has 22 heavy (non-hydrogen) atoms. The monoisotopic (exact) mass is 304 g/mol. The number of aryl methyl sites for hydroxylation is 1. The average molecular weight is 304 g/mol. The quantitative estimate of drug-likeness (QED) is 0.855. The lowest BCUT2D eigenvalue weighted by Gasteiger charge is -2.22. The van der Waals surface area contributed by atoms with Crippen LogP contribution in [-0.2, 0) is 11.2 Å². The molecule has 1 heterocycles. The van der Waals surface area contributed by atoms with Crippen molar-refractivity contribution in [3.8, 4) is 0 Å². The standard InChI is InChI=1S/C17H21FN2O2/c1-20(2)15(16-7-4-10-22-16)12-19-17(21)9-8-13-5-3-6-14(18)11-13/h3-7,10-11,15H,8-9,12H2,1-2H3,(H,19,21). The van der Waals surface area contributed by atoms with Crippen LogP contribution in [0, 0.1) is 5.82 Å². The molecule has 0 saturated heterocycles. The van der Waals surface area contributed by atoms with Gasteiger partial charge in [0.25, 0.3) is 0 Å². The third kappa shape index (κ3) is 4.70. The first-order valence-corrected chi connectivity index (χ1v) is 7.27. The summed E-state index contributed by atoms with van der Waals surface area (Å²) in [7, 11) is 3.87. The van der Waals surface area contributed by atoms with E-state index in [9.17, 15) is 9.18 Å². The number of hydrogen-bond acceptors (Lipinski definition) is 3. The molecule has 0 spiro atoms. The number of carbonyl (C=O) groups is 1. The first-order chi connectivity index (χ1) is 10.6. The van der Waals surface area contributed by atoms with Crippen molar-refractivity contribution in [1.82, 2.24) is 10.2 Å². The van der Waals surface area contributed by atoms with Gasteiger partial charge in [-0.3, -0.25) is 9.69 Å². The molecule has 118 valence electrons. The van der Waals surface area contributed by atoms with Gasteiger partial charge < -0.3 is 9.73 Å². The summed E-state index contributed by atoms with van der Waals surface area (Å²) >= 11 is 0. The Hall–Kier alpha value is -2.14. The Bertz CT molecular complexity index is 596. The molecule has 0 aliphatic carbocycles. The molecule has 1 N–H and O–H groups in total. The first-order valence-electron chi connectivity index (χ1n) is 7.27. The summed E-state index contributed by atoms with van der Waals surface area (Å²) in [6.07, 6.45) is 2.48. The predicted molar refractivity (Wildman–Crippen MR) is 82.9 cm³/mol. The van der Waals surface area contributed by atoms with Gasteiger partial charge in [-0.1, -0.05) is 12.1 Å². The third-order valence-corrected chi connectivity index (χ3v) is 3.52. The Balaban J connectivity index is 1.81. The zero-order chi connectivity index (χ0) is 15.9. The van der Waals surface area contributed by atoms with E-state index in [2.05, 4.69) is 5.32 Å². The normalized spacial score (nSPS) is 12.4. The lowest BCUT2D eigenvalue weighted by Crippen LogP contribution is -2.34. The van der Waals surface area contributed by atoms with Crippen molar-refractivity contribution in [2.45, 2.75) is 18.9 Å². The van der Waals surface area contributed by atoms with E-state index in [0.29, 0.717) is 19.4 Å². The lowest BCUT2D eigenvalue weighted by atomic mass is 10.1. The molecule has 2 rings (SSSR count). The molecule has 5 heteroatoms. The Morgan fingerprint density at radius 2 is 2.14 bits per heavy atom. The second kappa shape index (κ2) is 7.75. The molecule has 1 aromatic heterocycles. The van der Waals surface area contributed by atoms with Crippen LogP contribution in [-0.4, -0.2) is 31.4 Å². The van der Waals surface area contributed by atoms with E-state index in [0.717, 1.165) is 11.3 Å². The number of likely N-dealkylation sites (N-methyl/N-ethyl adjacent to an activating group) is 1. The second-order valence-corrected chi connectivity index (χ2v) is 5.43. The number of nitrogens with zero attached hydrogens (tertiary/aromatic N) is 1. The summed E-state index contributed by atoms with van der Waals surface area (Å²) < 4.78 is 18.5. The highest BCUT2D eigenvalue weighted by molar-refractivity contribution is 5.76. The molecule has 1 amide bonds. The molecule has 0 saturated carbocycles. The van der Waals surface area contributed by atoms with E-state index in [4.69, 9.17) is 4.42 Å². The number of carbonyl (C=O) groups excluding carboxylic acids is 1. The van der Waals surface area contributed by atoms with Crippen LogP contribution in [0.5, 0.6) is 0 Å². The van der Waals surface area contributed by atoms with Gasteiger partial charge in [0.05, 0.1) is 12.3 Å². The molecule has 2 aromatic rings. The molecule has 1 aromatic carbocycles. The van der Waals surface area contributed by atoms with E-state index in [-0.39, 0.29) is 17.8 Å². The number of nitrogens with one attached hydrogen (secondary N) is 1. The van der Waals surface area contributed by atoms with Gasteiger partial charge in [-0.2, -0.15) is 0 Å². The molecule has 0 aliphatic rings. The fourth-order valence-corrected chi connectivity index (χ4v) is 2.27. The van der Waals surface area contributed by atoms with Gasteiger partial charge in [0.1, 0.15) is 11.6 Å². The number of rotatable bonds is 7. The van der Waals surface area contributed by atoms with Crippen LogP contribution in [0.25, 0.3) is 0 Å². The Morgan fingerprint density at radius 3 is 2.77 bits per heavy atom. The smallest absolute Gasteiger partial charge is 0.220 e. The highest BCUT2D eigenvalue weighted by Crippen LogP contribution is 2.17. The van der Waals surface area contributed by atoms with Crippen LogP contribution in [0.4, 0.5) is 4.39 Å². The summed E-state index contributed by atoms with van der Waals surface area (Å²) in [6, 6.07) is 10.0. The average Bonchev–Trinajstić information content (AvgIpc) is 2.99. The van der Waals surface area contributed by atoms with Crippen LogP contribution in [0.15, 0.2) is 47.1 Å². The molecule has 0 fully saturated rings. The van der Waals surface area contributed by atoms with Crippen LogP contribution < -0.4 is 5.32 Å². The maximum atomic E-state index is 13.1. The van der Waals surface area contributed by atoms with E-state index in [1.807, 2.05) is 37.2 Å². The first kappa shape index (κ1) is 16.2. The fraction of sp³-hybridized carbons (Fsp3) is 0.353. The summed E-state index contributed by atoms with van der Waals surface area (Å²) in [5, 5.41) is 2.90. The molecule has 4 nitrogen and oxygen atoms in total. The van der Waals surface area contributed by atoms with Crippen molar-refractivity contribution in [2.24, 2.45) is 0 Å². The molecule has 0 radical (unpaired) electrons. The minimum atomic E-state index is -0.275. The third-order valence-electron chi connectivity index (χ3n) is 3.52. The SMILES string of the molecule is CN(C)C(CNC(=O)CCc1cccc(F)c1)c1ccco1. The maximum absolute atomic E-state index is 13.1. The minimum Gasteiger partial charge on any atom is -0.468 e. The number of amides is 1. The van der Waals surface area contributed by atoms with Crippen molar-refractivity contribution in [3.05, 3.63) is 59.8 Å². The van der Waals surface area contributed by atoms with E-state index in [1.54, 1.807) is 12.3 Å². The Morgan fingerprint density at radius 1 is 1.32 bits per heavy atom. The molecule has 0 bridgehead atoms. The largest absolute Gasteiger partial charge is 0.468 e. The maximum Gasteiger partial charge on any atom is 0.220 e. The number of furan rings is 1. The minimum absolute atomic E-state index is 0.00637. The molecular formula is C17H21FN2O2. The van der Waals surface area contributed by atoms with Crippen molar-refractivity contribution >= 4 is 5.91 Å². The lowest BCUT2D eigenvalue weighted by molar-refractivity contribution is -0.121. The highest BCUT2D eigenvalue weighted by Gasteiger charge is 2.17. The topological polar surface area (TPSA) is 45.5 Å². The predicted octanol–water partition coefficient (Wildman–Crippen LogP) is 2.77. The molecular weight excluding hydrogens is 283 g/mol. The summed E-state index contributed by atoms with van der Waals surface area (Å²) in [5.74, 6) is 0.487. The van der Waals surface area contributed by atoms with Gasteiger partial charge in [-0.15, -0.1) is 0 Å².